The zero-order valence-corrected chi connectivity index (χ0v) is 15.1. The van der Waals surface area contributed by atoms with Crippen LogP contribution in [0.25, 0.3) is 10.2 Å². The summed E-state index contributed by atoms with van der Waals surface area (Å²) in [4.78, 5) is 17.8. The summed E-state index contributed by atoms with van der Waals surface area (Å²) in [6, 6.07) is 15.2. The molecule has 0 spiro atoms. The van der Waals surface area contributed by atoms with E-state index >= 15 is 0 Å². The van der Waals surface area contributed by atoms with Crippen molar-refractivity contribution in [1.82, 2.24) is 4.57 Å². The van der Waals surface area contributed by atoms with Gasteiger partial charge in [0, 0.05) is 13.7 Å². The van der Waals surface area contributed by atoms with E-state index in [0.717, 1.165) is 10.2 Å². The van der Waals surface area contributed by atoms with Gasteiger partial charge in [0.05, 0.1) is 29.0 Å². The molecule has 0 N–H and O–H groups in total. The van der Waals surface area contributed by atoms with E-state index < -0.39 is 0 Å². The number of amides is 1. The molecule has 0 fully saturated rings. The number of benzene rings is 2. The van der Waals surface area contributed by atoms with Crippen molar-refractivity contribution in [3.63, 3.8) is 0 Å². The van der Waals surface area contributed by atoms with Crippen LogP contribution in [0.1, 0.15) is 17.3 Å². The van der Waals surface area contributed by atoms with E-state index in [2.05, 4.69) is 4.99 Å². The van der Waals surface area contributed by atoms with Gasteiger partial charge in [-0.25, -0.2) is 0 Å². The van der Waals surface area contributed by atoms with Crippen LogP contribution in [0.2, 0.25) is 0 Å². The predicted octanol–water partition coefficient (Wildman–Crippen LogP) is 3.49. The molecule has 0 saturated heterocycles. The molecule has 5 nitrogen and oxygen atoms in total. The molecule has 0 saturated carbocycles. The van der Waals surface area contributed by atoms with Crippen molar-refractivity contribution in [2.24, 2.45) is 4.99 Å². The van der Waals surface area contributed by atoms with Crippen LogP contribution in [0.4, 0.5) is 0 Å². The zero-order chi connectivity index (χ0) is 17.6. The lowest BCUT2D eigenvalue weighted by Gasteiger charge is -2.07. The Balaban J connectivity index is 2.07. The van der Waals surface area contributed by atoms with Crippen LogP contribution >= 0.6 is 11.3 Å². The fourth-order valence-electron chi connectivity index (χ4n) is 2.58. The number of para-hydroxylation sites is 2. The largest absolute Gasteiger partial charge is 0.493 e. The number of carbonyl (C=O) groups is 1. The number of hydrogen-bond donors (Lipinski definition) is 0. The van der Waals surface area contributed by atoms with E-state index in [0.29, 0.717) is 35.9 Å². The summed E-state index contributed by atoms with van der Waals surface area (Å²) in [5, 5.41) is 0. The Morgan fingerprint density at radius 1 is 1.16 bits per heavy atom. The number of methoxy groups -OCH3 is 1. The van der Waals surface area contributed by atoms with Gasteiger partial charge in [0.2, 0.25) is 0 Å². The average molecular weight is 356 g/mol. The molecule has 1 heterocycles. The highest BCUT2D eigenvalue weighted by Gasteiger charge is 2.13. The van der Waals surface area contributed by atoms with Crippen LogP contribution in [0.3, 0.4) is 0 Å². The quantitative estimate of drug-likeness (QED) is 0.679. The summed E-state index contributed by atoms with van der Waals surface area (Å²) < 4.78 is 13.8. The van der Waals surface area contributed by atoms with Gasteiger partial charge < -0.3 is 14.0 Å². The number of fused-ring (bicyclic) bond motifs is 1. The second-order valence-electron chi connectivity index (χ2n) is 5.34. The van der Waals surface area contributed by atoms with E-state index in [4.69, 9.17) is 9.47 Å². The maximum absolute atomic E-state index is 12.7. The van der Waals surface area contributed by atoms with Gasteiger partial charge in [-0.1, -0.05) is 35.6 Å². The first kappa shape index (κ1) is 17.4. The minimum Gasteiger partial charge on any atom is -0.493 e. The molecule has 2 aromatic carbocycles. The lowest BCUT2D eigenvalue weighted by atomic mass is 10.2. The van der Waals surface area contributed by atoms with E-state index in [1.165, 1.54) is 11.3 Å². The van der Waals surface area contributed by atoms with Gasteiger partial charge in [0.1, 0.15) is 5.75 Å². The standard InChI is InChI=1S/C19H20N2O3S/c1-3-24-16-10-6-4-8-14(16)18(22)20-19-21(12-13-23-2)15-9-5-7-11-17(15)25-19/h4-11H,3,12-13H2,1-2H3/b20-19-. The number of nitrogens with zero attached hydrogens (tertiary/aromatic N) is 2. The molecule has 6 heteroatoms. The van der Waals surface area contributed by atoms with Crippen LogP contribution in [0.15, 0.2) is 53.5 Å². The number of aromatic nitrogens is 1. The first-order valence-electron chi connectivity index (χ1n) is 8.12. The molecule has 3 rings (SSSR count). The lowest BCUT2D eigenvalue weighted by Crippen LogP contribution is -2.19. The number of thiazole rings is 1. The van der Waals surface area contributed by atoms with E-state index in [9.17, 15) is 4.79 Å². The summed E-state index contributed by atoms with van der Waals surface area (Å²) in [6.45, 7) is 3.58. The molecule has 0 radical (unpaired) electrons. The third kappa shape index (κ3) is 3.81. The van der Waals surface area contributed by atoms with Crippen LogP contribution in [-0.4, -0.2) is 30.8 Å². The van der Waals surface area contributed by atoms with Gasteiger partial charge >= 0.3 is 0 Å². The Morgan fingerprint density at radius 2 is 1.92 bits per heavy atom. The van der Waals surface area contributed by atoms with Crippen LogP contribution in [0.5, 0.6) is 5.75 Å². The number of hydrogen-bond acceptors (Lipinski definition) is 4. The van der Waals surface area contributed by atoms with Crippen molar-refractivity contribution in [1.29, 1.82) is 0 Å². The highest BCUT2D eigenvalue weighted by atomic mass is 32.1. The molecule has 0 unspecified atom stereocenters. The topological polar surface area (TPSA) is 52.8 Å². The normalized spacial score (nSPS) is 11.8. The summed E-state index contributed by atoms with van der Waals surface area (Å²) in [6.07, 6.45) is 0. The fraction of sp³-hybridized carbons (Fsp3) is 0.263. The van der Waals surface area contributed by atoms with Gasteiger partial charge in [0.25, 0.3) is 5.91 Å². The van der Waals surface area contributed by atoms with E-state index in [-0.39, 0.29) is 5.91 Å². The third-order valence-corrected chi connectivity index (χ3v) is 4.78. The van der Waals surface area contributed by atoms with Crippen molar-refractivity contribution in [3.05, 3.63) is 58.9 Å². The molecule has 130 valence electrons. The molecular formula is C19H20N2O3S. The summed E-state index contributed by atoms with van der Waals surface area (Å²) >= 11 is 1.50. The number of ether oxygens (including phenoxy) is 2. The minimum atomic E-state index is -0.304. The molecule has 0 bridgehead atoms. The number of carbonyl (C=O) groups excluding carboxylic acids is 1. The molecule has 0 aliphatic carbocycles. The Bertz CT molecular complexity index is 943. The van der Waals surface area contributed by atoms with Gasteiger partial charge in [-0.05, 0) is 31.2 Å². The van der Waals surface area contributed by atoms with Crippen molar-refractivity contribution in [3.8, 4) is 5.75 Å². The van der Waals surface area contributed by atoms with Gasteiger partial charge in [-0.2, -0.15) is 4.99 Å². The van der Waals surface area contributed by atoms with Crippen LogP contribution in [0, 0.1) is 0 Å². The first-order valence-corrected chi connectivity index (χ1v) is 8.94. The minimum absolute atomic E-state index is 0.304. The zero-order valence-electron chi connectivity index (χ0n) is 14.3. The summed E-state index contributed by atoms with van der Waals surface area (Å²) in [5.41, 5.74) is 1.52. The van der Waals surface area contributed by atoms with Crippen molar-refractivity contribution < 1.29 is 14.3 Å². The highest BCUT2D eigenvalue weighted by Crippen LogP contribution is 2.20. The Kier molecular flexibility index (Phi) is 5.63. The van der Waals surface area contributed by atoms with Crippen LogP contribution < -0.4 is 9.54 Å². The average Bonchev–Trinajstić information content (AvgIpc) is 2.97. The lowest BCUT2D eigenvalue weighted by molar-refractivity contribution is 0.0993. The second kappa shape index (κ2) is 8.09. The SMILES string of the molecule is CCOc1ccccc1C(=O)/N=c1\sc2ccccc2n1CCOC. The Labute approximate surface area is 150 Å². The number of rotatable bonds is 6. The molecule has 0 aliphatic heterocycles. The van der Waals surface area contributed by atoms with E-state index in [1.807, 2.05) is 47.9 Å². The molecule has 3 aromatic rings. The van der Waals surface area contributed by atoms with E-state index in [1.54, 1.807) is 19.2 Å². The molecule has 0 aliphatic rings. The van der Waals surface area contributed by atoms with Crippen molar-refractivity contribution in [2.75, 3.05) is 20.3 Å². The van der Waals surface area contributed by atoms with Gasteiger partial charge in [-0.15, -0.1) is 0 Å². The molecule has 0 atom stereocenters. The third-order valence-electron chi connectivity index (χ3n) is 3.72. The summed E-state index contributed by atoms with van der Waals surface area (Å²) in [7, 11) is 1.66. The molecule has 1 aromatic heterocycles. The van der Waals surface area contributed by atoms with Gasteiger partial charge in [-0.3, -0.25) is 4.79 Å². The van der Waals surface area contributed by atoms with Gasteiger partial charge in [0.15, 0.2) is 4.80 Å². The maximum Gasteiger partial charge on any atom is 0.283 e. The molecule has 25 heavy (non-hydrogen) atoms. The van der Waals surface area contributed by atoms with Crippen molar-refractivity contribution >= 4 is 27.5 Å². The first-order chi connectivity index (χ1) is 12.2. The Hall–Kier alpha value is -2.44. The predicted molar refractivity (Wildman–Crippen MR) is 99.2 cm³/mol. The Morgan fingerprint density at radius 3 is 2.72 bits per heavy atom. The fourth-order valence-corrected chi connectivity index (χ4v) is 3.63. The monoisotopic (exact) mass is 356 g/mol. The summed E-state index contributed by atoms with van der Waals surface area (Å²) in [5.74, 6) is 0.255. The van der Waals surface area contributed by atoms with Crippen LogP contribution in [-0.2, 0) is 11.3 Å². The second-order valence-corrected chi connectivity index (χ2v) is 6.35. The van der Waals surface area contributed by atoms with Crippen molar-refractivity contribution in [2.45, 2.75) is 13.5 Å². The molecule has 1 amide bonds. The maximum atomic E-state index is 12.7. The smallest absolute Gasteiger partial charge is 0.283 e. The molecular weight excluding hydrogens is 336 g/mol. The highest BCUT2D eigenvalue weighted by molar-refractivity contribution is 7.16.